The molecule has 0 fully saturated rings. The summed E-state index contributed by atoms with van der Waals surface area (Å²) in [5.74, 6) is 0.401. The lowest BCUT2D eigenvalue weighted by Gasteiger charge is -2.11. The largest absolute Gasteiger partial charge is 0.385 e. The molecule has 6 nitrogen and oxygen atoms in total. The first-order valence-electron chi connectivity index (χ1n) is 9.35. The van der Waals surface area contributed by atoms with Gasteiger partial charge in [-0.2, -0.15) is 0 Å². The summed E-state index contributed by atoms with van der Waals surface area (Å²) in [6, 6.07) is 17.1. The summed E-state index contributed by atoms with van der Waals surface area (Å²) in [5, 5.41) is 6.03. The van der Waals surface area contributed by atoms with E-state index in [0.29, 0.717) is 24.8 Å². The molecule has 2 aromatic carbocycles. The van der Waals surface area contributed by atoms with Crippen LogP contribution in [0.4, 0.5) is 10.2 Å². The van der Waals surface area contributed by atoms with Gasteiger partial charge in [0.2, 0.25) is 0 Å². The van der Waals surface area contributed by atoms with E-state index < -0.39 is 0 Å². The summed E-state index contributed by atoms with van der Waals surface area (Å²) in [7, 11) is 1.65. The van der Waals surface area contributed by atoms with E-state index in [1.54, 1.807) is 25.3 Å². The number of nitrogens with zero attached hydrogens (tertiary/aromatic N) is 2. The van der Waals surface area contributed by atoms with Crippen LogP contribution in [0.3, 0.4) is 0 Å². The molecule has 0 unspecified atom stereocenters. The topological polar surface area (TPSA) is 76.1 Å². The minimum absolute atomic E-state index is 0.259. The zero-order chi connectivity index (χ0) is 20.5. The lowest BCUT2D eigenvalue weighted by molar-refractivity contribution is 0.0946. The van der Waals surface area contributed by atoms with Crippen molar-refractivity contribution in [1.29, 1.82) is 0 Å². The average molecular weight is 394 g/mol. The molecular weight excluding hydrogens is 371 g/mol. The van der Waals surface area contributed by atoms with Gasteiger partial charge in [0.15, 0.2) is 5.82 Å². The van der Waals surface area contributed by atoms with E-state index in [1.165, 1.54) is 12.1 Å². The second-order valence-electron chi connectivity index (χ2n) is 6.41. The second kappa shape index (κ2) is 10.3. The van der Waals surface area contributed by atoms with Gasteiger partial charge in [0.05, 0.1) is 0 Å². The summed E-state index contributed by atoms with van der Waals surface area (Å²) < 4.78 is 18.1. The number of benzene rings is 2. The van der Waals surface area contributed by atoms with Gasteiger partial charge in [0.1, 0.15) is 17.3 Å². The molecule has 1 amide bonds. The summed E-state index contributed by atoms with van der Waals surface area (Å²) in [6.45, 7) is 1.57. The van der Waals surface area contributed by atoms with Crippen LogP contribution in [0.25, 0.3) is 11.4 Å². The molecule has 1 aromatic heterocycles. The molecule has 0 saturated carbocycles. The van der Waals surface area contributed by atoms with Gasteiger partial charge < -0.3 is 15.4 Å². The summed E-state index contributed by atoms with van der Waals surface area (Å²) in [6.07, 6.45) is 0.813. The maximum absolute atomic E-state index is 13.0. The molecule has 3 aromatic rings. The zero-order valence-electron chi connectivity index (χ0n) is 16.2. The smallest absolute Gasteiger partial charge is 0.270 e. The standard InChI is InChI=1S/C22H23FN4O2/c1-29-13-5-12-24-20-14-19(26-21(27-20)17-6-3-2-4-7-17)22(28)25-15-16-8-10-18(23)11-9-16/h2-4,6-11,14H,5,12-13,15H2,1H3,(H,25,28)(H,24,26,27). The van der Waals surface area contributed by atoms with Crippen LogP contribution < -0.4 is 10.6 Å². The monoisotopic (exact) mass is 394 g/mol. The Hall–Kier alpha value is -3.32. The second-order valence-corrected chi connectivity index (χ2v) is 6.41. The number of ether oxygens (including phenoxy) is 1. The Kier molecular flexibility index (Phi) is 7.24. The fourth-order valence-corrected chi connectivity index (χ4v) is 2.68. The number of aromatic nitrogens is 2. The number of rotatable bonds is 9. The van der Waals surface area contributed by atoms with E-state index in [-0.39, 0.29) is 24.0 Å². The van der Waals surface area contributed by atoms with Crippen LogP contribution in [-0.2, 0) is 11.3 Å². The highest BCUT2D eigenvalue weighted by molar-refractivity contribution is 5.93. The first-order chi connectivity index (χ1) is 14.2. The molecule has 0 spiro atoms. The number of hydrogen-bond donors (Lipinski definition) is 2. The number of methoxy groups -OCH3 is 1. The van der Waals surface area contributed by atoms with Crippen molar-refractivity contribution in [2.24, 2.45) is 0 Å². The summed E-state index contributed by atoms with van der Waals surface area (Å²) in [5.41, 5.74) is 1.88. The Balaban J connectivity index is 1.77. The summed E-state index contributed by atoms with van der Waals surface area (Å²) in [4.78, 5) is 21.6. The molecule has 1 heterocycles. The Bertz CT molecular complexity index is 933. The van der Waals surface area contributed by atoms with Gasteiger partial charge in [-0.3, -0.25) is 4.79 Å². The highest BCUT2D eigenvalue weighted by Crippen LogP contribution is 2.18. The maximum Gasteiger partial charge on any atom is 0.270 e. The molecule has 0 radical (unpaired) electrons. The highest BCUT2D eigenvalue weighted by atomic mass is 19.1. The van der Waals surface area contributed by atoms with Crippen molar-refractivity contribution < 1.29 is 13.9 Å². The summed E-state index contributed by atoms with van der Waals surface area (Å²) >= 11 is 0. The van der Waals surface area contributed by atoms with Gasteiger partial charge in [0.25, 0.3) is 5.91 Å². The van der Waals surface area contributed by atoms with Crippen LogP contribution in [0.2, 0.25) is 0 Å². The number of halogens is 1. The molecule has 0 bridgehead atoms. The van der Waals surface area contributed by atoms with E-state index in [1.807, 2.05) is 30.3 Å². The molecule has 2 N–H and O–H groups in total. The fourth-order valence-electron chi connectivity index (χ4n) is 2.68. The van der Waals surface area contributed by atoms with Crippen LogP contribution in [-0.4, -0.2) is 36.1 Å². The molecule has 0 aliphatic heterocycles. The van der Waals surface area contributed by atoms with Gasteiger partial charge in [-0.25, -0.2) is 14.4 Å². The third-order valence-electron chi connectivity index (χ3n) is 4.19. The Morgan fingerprint density at radius 3 is 2.55 bits per heavy atom. The van der Waals surface area contributed by atoms with Crippen molar-refractivity contribution in [2.45, 2.75) is 13.0 Å². The Morgan fingerprint density at radius 2 is 1.83 bits per heavy atom. The van der Waals surface area contributed by atoms with Crippen LogP contribution in [0.1, 0.15) is 22.5 Å². The highest BCUT2D eigenvalue weighted by Gasteiger charge is 2.13. The van der Waals surface area contributed by atoms with E-state index in [2.05, 4.69) is 20.6 Å². The van der Waals surface area contributed by atoms with Crippen molar-refractivity contribution in [2.75, 3.05) is 25.6 Å². The molecule has 0 atom stereocenters. The van der Waals surface area contributed by atoms with E-state index in [0.717, 1.165) is 17.5 Å². The van der Waals surface area contributed by atoms with Crippen molar-refractivity contribution in [3.8, 4) is 11.4 Å². The van der Waals surface area contributed by atoms with Crippen molar-refractivity contribution in [3.63, 3.8) is 0 Å². The van der Waals surface area contributed by atoms with Gasteiger partial charge in [-0.15, -0.1) is 0 Å². The van der Waals surface area contributed by atoms with Crippen molar-refractivity contribution >= 4 is 11.7 Å². The lowest BCUT2D eigenvalue weighted by Crippen LogP contribution is -2.24. The fraction of sp³-hybridized carbons (Fsp3) is 0.227. The number of carbonyl (C=O) groups is 1. The molecular formula is C22H23FN4O2. The Morgan fingerprint density at radius 1 is 1.07 bits per heavy atom. The zero-order valence-corrected chi connectivity index (χ0v) is 16.2. The van der Waals surface area contributed by atoms with Crippen LogP contribution in [0, 0.1) is 5.82 Å². The van der Waals surface area contributed by atoms with E-state index in [4.69, 9.17) is 4.74 Å². The molecule has 0 aliphatic rings. The molecule has 0 aliphatic carbocycles. The third-order valence-corrected chi connectivity index (χ3v) is 4.19. The average Bonchev–Trinajstić information content (AvgIpc) is 2.76. The third kappa shape index (κ3) is 6.08. The molecule has 3 rings (SSSR count). The van der Waals surface area contributed by atoms with Gasteiger partial charge in [0, 0.05) is 38.4 Å². The normalized spacial score (nSPS) is 10.6. The first kappa shape index (κ1) is 20.4. The first-order valence-corrected chi connectivity index (χ1v) is 9.35. The predicted octanol–water partition coefficient (Wildman–Crippen LogP) is 3.66. The van der Waals surface area contributed by atoms with E-state index >= 15 is 0 Å². The van der Waals surface area contributed by atoms with Crippen LogP contribution in [0.15, 0.2) is 60.7 Å². The molecule has 150 valence electrons. The quantitative estimate of drug-likeness (QED) is 0.542. The molecule has 29 heavy (non-hydrogen) atoms. The van der Waals surface area contributed by atoms with Crippen molar-refractivity contribution in [3.05, 3.63) is 77.7 Å². The predicted molar refractivity (Wildman–Crippen MR) is 110 cm³/mol. The SMILES string of the molecule is COCCCNc1cc(C(=O)NCc2ccc(F)cc2)nc(-c2ccccc2)n1. The minimum atomic E-state index is -0.325. The maximum atomic E-state index is 13.0. The van der Waals surface area contributed by atoms with Gasteiger partial charge in [-0.1, -0.05) is 42.5 Å². The van der Waals surface area contributed by atoms with E-state index in [9.17, 15) is 9.18 Å². The molecule has 0 saturated heterocycles. The minimum Gasteiger partial charge on any atom is -0.385 e. The van der Waals surface area contributed by atoms with Crippen LogP contribution >= 0.6 is 0 Å². The van der Waals surface area contributed by atoms with Gasteiger partial charge >= 0.3 is 0 Å². The number of nitrogens with one attached hydrogen (secondary N) is 2. The molecule has 7 heteroatoms. The van der Waals surface area contributed by atoms with Gasteiger partial charge in [-0.05, 0) is 24.1 Å². The number of carbonyl (C=O) groups excluding carboxylic acids is 1. The number of hydrogen-bond acceptors (Lipinski definition) is 5. The van der Waals surface area contributed by atoms with Crippen molar-refractivity contribution in [1.82, 2.24) is 15.3 Å². The Labute approximate surface area is 169 Å². The van der Waals surface area contributed by atoms with Crippen LogP contribution in [0.5, 0.6) is 0 Å². The number of amides is 1. The number of anilines is 1. The lowest BCUT2D eigenvalue weighted by atomic mass is 10.2.